The van der Waals surface area contributed by atoms with Crippen molar-refractivity contribution < 1.29 is 0 Å². The van der Waals surface area contributed by atoms with E-state index in [1.54, 1.807) is 0 Å². The molecule has 0 atom stereocenters. The molecule has 36 heavy (non-hydrogen) atoms. The van der Waals surface area contributed by atoms with Gasteiger partial charge in [-0.1, -0.05) is 77.3 Å². The van der Waals surface area contributed by atoms with Gasteiger partial charge in [0.05, 0.1) is 23.8 Å². The third kappa shape index (κ3) is 3.53. The van der Waals surface area contributed by atoms with Crippen LogP contribution in [0.5, 0.6) is 0 Å². The summed E-state index contributed by atoms with van der Waals surface area (Å²) in [4.78, 5) is 12.7. The number of nitrogens with zero attached hydrogens (tertiary/aromatic N) is 4. The SMILES string of the molecule is C=CN1c2ccccc2C(C)(C)c2ccccc21.C=CN1c2cnccc2C(C)(C)c2ccncc21. The average molecular weight is 473 g/mol. The van der Waals surface area contributed by atoms with Crippen LogP contribution in [-0.4, -0.2) is 9.97 Å². The van der Waals surface area contributed by atoms with E-state index in [1.807, 2.05) is 37.2 Å². The topological polar surface area (TPSA) is 32.3 Å². The summed E-state index contributed by atoms with van der Waals surface area (Å²) in [6, 6.07) is 21.3. The van der Waals surface area contributed by atoms with E-state index < -0.39 is 0 Å². The van der Waals surface area contributed by atoms with Crippen molar-refractivity contribution in [2.24, 2.45) is 0 Å². The number of rotatable bonds is 2. The molecular formula is C32H32N4. The van der Waals surface area contributed by atoms with Crippen LogP contribution in [0.25, 0.3) is 0 Å². The van der Waals surface area contributed by atoms with E-state index in [-0.39, 0.29) is 10.8 Å². The van der Waals surface area contributed by atoms with Crippen LogP contribution in [0.3, 0.4) is 0 Å². The molecule has 0 saturated carbocycles. The first kappa shape index (κ1) is 23.6. The Labute approximate surface area is 214 Å². The first-order valence-corrected chi connectivity index (χ1v) is 12.2. The van der Waals surface area contributed by atoms with Crippen molar-refractivity contribution in [3.63, 3.8) is 0 Å². The van der Waals surface area contributed by atoms with Gasteiger partial charge in [-0.05, 0) is 46.5 Å². The number of anilines is 4. The molecule has 0 N–H and O–H groups in total. The van der Waals surface area contributed by atoms with Gasteiger partial charge >= 0.3 is 0 Å². The van der Waals surface area contributed by atoms with E-state index in [9.17, 15) is 0 Å². The molecule has 2 aliphatic heterocycles. The summed E-state index contributed by atoms with van der Waals surface area (Å²) in [5, 5.41) is 0. The maximum Gasteiger partial charge on any atom is 0.0680 e. The van der Waals surface area contributed by atoms with Gasteiger partial charge in [-0.25, -0.2) is 0 Å². The number of fused-ring (bicyclic) bond motifs is 4. The zero-order valence-electron chi connectivity index (χ0n) is 21.4. The Morgan fingerprint density at radius 1 is 0.556 bits per heavy atom. The van der Waals surface area contributed by atoms with Gasteiger partial charge in [0.2, 0.25) is 0 Å². The van der Waals surface area contributed by atoms with Crippen LogP contribution in [-0.2, 0) is 10.8 Å². The van der Waals surface area contributed by atoms with Gasteiger partial charge < -0.3 is 9.80 Å². The first-order valence-electron chi connectivity index (χ1n) is 12.2. The van der Waals surface area contributed by atoms with E-state index in [1.165, 1.54) is 33.6 Å². The Morgan fingerprint density at radius 3 is 1.33 bits per heavy atom. The van der Waals surface area contributed by atoms with Crippen LogP contribution in [0, 0.1) is 0 Å². The molecule has 0 bridgehead atoms. The summed E-state index contributed by atoms with van der Waals surface area (Å²) < 4.78 is 0. The van der Waals surface area contributed by atoms with Crippen LogP contribution >= 0.6 is 0 Å². The quantitative estimate of drug-likeness (QED) is 0.296. The highest BCUT2D eigenvalue weighted by Crippen LogP contribution is 2.49. The van der Waals surface area contributed by atoms with Crippen molar-refractivity contribution >= 4 is 22.7 Å². The second-order valence-electron chi connectivity index (χ2n) is 10.2. The molecule has 0 fully saturated rings. The lowest BCUT2D eigenvalue weighted by Crippen LogP contribution is -2.30. The largest absolute Gasteiger partial charge is 0.317 e. The lowest BCUT2D eigenvalue weighted by Gasteiger charge is -2.40. The molecule has 4 heteroatoms. The lowest BCUT2D eigenvalue weighted by atomic mass is 9.74. The standard InChI is InChI=1S/C17H17N.C15H15N3/c1-4-18-15-11-7-5-9-13(15)17(2,3)14-10-6-8-12-16(14)18;1-4-18-13-9-16-7-5-11(13)15(2,3)12-6-8-17-10-14(12)18/h4-12H,1H2,2-3H3;4-10H,1H2,2-3H3. The molecule has 2 aromatic heterocycles. The fourth-order valence-electron chi connectivity index (χ4n) is 5.58. The Balaban J connectivity index is 0.000000148. The van der Waals surface area contributed by atoms with Gasteiger partial charge in [-0.15, -0.1) is 0 Å². The molecule has 2 aliphatic rings. The smallest absolute Gasteiger partial charge is 0.0680 e. The maximum atomic E-state index is 4.22. The van der Waals surface area contributed by atoms with Gasteiger partial charge in [-0.2, -0.15) is 0 Å². The highest BCUT2D eigenvalue weighted by molar-refractivity contribution is 5.79. The number of para-hydroxylation sites is 2. The molecule has 0 aliphatic carbocycles. The zero-order chi connectivity index (χ0) is 25.5. The van der Waals surface area contributed by atoms with Crippen LogP contribution in [0.15, 0.2) is 111 Å². The molecule has 4 heterocycles. The summed E-state index contributed by atoms with van der Waals surface area (Å²) in [6.07, 6.45) is 11.2. The van der Waals surface area contributed by atoms with Crippen LogP contribution in [0.2, 0.25) is 0 Å². The maximum absolute atomic E-state index is 4.22. The minimum atomic E-state index is -0.0456. The Bertz CT molecular complexity index is 1240. The fourth-order valence-corrected chi connectivity index (χ4v) is 5.58. The van der Waals surface area contributed by atoms with Gasteiger partial charge in [0, 0.05) is 47.0 Å². The van der Waals surface area contributed by atoms with Crippen molar-refractivity contribution in [1.29, 1.82) is 0 Å². The molecule has 180 valence electrons. The van der Waals surface area contributed by atoms with Crippen molar-refractivity contribution in [2.75, 3.05) is 9.80 Å². The number of hydrogen-bond acceptors (Lipinski definition) is 4. The second kappa shape index (κ2) is 8.80. The van der Waals surface area contributed by atoms with E-state index in [0.29, 0.717) is 0 Å². The highest BCUT2D eigenvalue weighted by atomic mass is 15.1. The molecule has 0 radical (unpaired) electrons. The predicted octanol–water partition coefficient (Wildman–Crippen LogP) is 8.01. The Kier molecular flexibility index (Phi) is 5.76. The third-order valence-electron chi connectivity index (χ3n) is 7.50. The van der Waals surface area contributed by atoms with Crippen molar-refractivity contribution in [3.05, 3.63) is 133 Å². The minimum absolute atomic E-state index is 0.0344. The second-order valence-corrected chi connectivity index (χ2v) is 10.2. The Hall–Kier alpha value is -4.18. The average Bonchev–Trinajstić information content (AvgIpc) is 2.90. The summed E-state index contributed by atoms with van der Waals surface area (Å²) in [5.41, 5.74) is 9.84. The number of aromatic nitrogens is 2. The van der Waals surface area contributed by atoms with Crippen LogP contribution < -0.4 is 9.80 Å². The van der Waals surface area contributed by atoms with Crippen molar-refractivity contribution in [3.8, 4) is 0 Å². The molecular weight excluding hydrogens is 440 g/mol. The van der Waals surface area contributed by atoms with Gasteiger partial charge in [0.15, 0.2) is 0 Å². The minimum Gasteiger partial charge on any atom is -0.317 e. The molecule has 2 aromatic carbocycles. The molecule has 0 saturated heterocycles. The number of pyridine rings is 2. The molecule has 6 rings (SSSR count). The summed E-state index contributed by atoms with van der Waals surface area (Å²) in [5.74, 6) is 0. The number of benzene rings is 2. The van der Waals surface area contributed by atoms with E-state index >= 15 is 0 Å². The lowest BCUT2D eigenvalue weighted by molar-refractivity contribution is 0.628. The van der Waals surface area contributed by atoms with Crippen LogP contribution in [0.1, 0.15) is 49.9 Å². The normalized spacial score (nSPS) is 15.8. The van der Waals surface area contributed by atoms with Gasteiger partial charge in [0.25, 0.3) is 0 Å². The van der Waals surface area contributed by atoms with Gasteiger partial charge in [-0.3, -0.25) is 9.97 Å². The first-order chi connectivity index (χ1) is 17.3. The third-order valence-corrected chi connectivity index (χ3v) is 7.50. The molecule has 4 aromatic rings. The Morgan fingerprint density at radius 2 is 0.917 bits per heavy atom. The van der Waals surface area contributed by atoms with Gasteiger partial charge in [0.1, 0.15) is 0 Å². The molecule has 0 amide bonds. The van der Waals surface area contributed by atoms with Crippen molar-refractivity contribution in [1.82, 2.24) is 9.97 Å². The fraction of sp³-hybridized carbons (Fsp3) is 0.188. The van der Waals surface area contributed by atoms with Crippen molar-refractivity contribution in [2.45, 2.75) is 38.5 Å². The van der Waals surface area contributed by atoms with E-state index in [4.69, 9.17) is 0 Å². The van der Waals surface area contributed by atoms with Crippen LogP contribution in [0.4, 0.5) is 22.7 Å². The number of hydrogen-bond donors (Lipinski definition) is 0. The molecule has 4 nitrogen and oxygen atoms in total. The molecule has 0 unspecified atom stereocenters. The predicted molar refractivity (Wildman–Crippen MR) is 150 cm³/mol. The zero-order valence-corrected chi connectivity index (χ0v) is 21.4. The molecule has 0 spiro atoms. The summed E-state index contributed by atoms with van der Waals surface area (Å²) in [6.45, 7) is 16.9. The van der Waals surface area contributed by atoms with E-state index in [0.717, 1.165) is 11.4 Å². The summed E-state index contributed by atoms with van der Waals surface area (Å²) >= 11 is 0. The monoisotopic (exact) mass is 472 g/mol. The van der Waals surface area contributed by atoms with E-state index in [2.05, 4.69) is 121 Å². The summed E-state index contributed by atoms with van der Waals surface area (Å²) in [7, 11) is 0. The highest BCUT2D eigenvalue weighted by Gasteiger charge is 2.36.